The highest BCUT2D eigenvalue weighted by atomic mass is 35.5. The lowest BCUT2D eigenvalue weighted by atomic mass is 10.0. The number of ether oxygens (including phenoxy) is 1. The van der Waals surface area contributed by atoms with Crippen molar-refractivity contribution in [2.24, 2.45) is 5.92 Å². The van der Waals surface area contributed by atoms with Gasteiger partial charge >= 0.3 is 5.97 Å². The van der Waals surface area contributed by atoms with Crippen molar-refractivity contribution in [3.05, 3.63) is 29.8 Å². The maximum Gasteiger partial charge on any atom is 0.328 e. The Hall–Kier alpha value is -1.99. The van der Waals surface area contributed by atoms with Crippen LogP contribution in [0.1, 0.15) is 33.3 Å². The van der Waals surface area contributed by atoms with Crippen molar-refractivity contribution in [1.82, 2.24) is 10.6 Å². The molecule has 0 unspecified atom stereocenters. The number of hydrogen-bond donors (Lipinski definition) is 2. The number of alkyl halides is 2. The van der Waals surface area contributed by atoms with Crippen molar-refractivity contribution in [3.63, 3.8) is 0 Å². The summed E-state index contributed by atoms with van der Waals surface area (Å²) >= 11 is 11.7. The second-order valence-electron chi connectivity index (χ2n) is 7.47. The molecule has 0 heterocycles. The number of nitrogens with zero attached hydrogens (tertiary/aromatic N) is 1. The first-order valence-corrected chi connectivity index (χ1v) is 11.5. The summed E-state index contributed by atoms with van der Waals surface area (Å²) in [6.45, 7) is 8.27. The second kappa shape index (κ2) is 14.1. The Balaban J connectivity index is 2.98. The van der Waals surface area contributed by atoms with Gasteiger partial charge < -0.3 is 20.3 Å². The van der Waals surface area contributed by atoms with Gasteiger partial charge in [0.2, 0.25) is 11.8 Å². The highest BCUT2D eigenvalue weighted by Crippen LogP contribution is 2.17. The molecule has 0 saturated carbocycles. The van der Waals surface area contributed by atoms with Crippen LogP contribution in [0.2, 0.25) is 0 Å². The molecule has 0 bridgehead atoms. The summed E-state index contributed by atoms with van der Waals surface area (Å²) in [5, 5.41) is 5.37. The molecule has 31 heavy (non-hydrogen) atoms. The molecule has 0 aliphatic rings. The number of halogens is 2. The molecule has 174 valence electrons. The van der Waals surface area contributed by atoms with Crippen LogP contribution in [-0.4, -0.2) is 61.3 Å². The third kappa shape index (κ3) is 9.35. The SMILES string of the molecule is CCOC(=O)[C@@H](Cc1ccc(N(CCCl)CCCl)cc1)NC(=O)[C@H](NC(C)=O)C(C)C. The van der Waals surface area contributed by atoms with Crippen LogP contribution in [0.3, 0.4) is 0 Å². The smallest absolute Gasteiger partial charge is 0.328 e. The molecule has 7 nitrogen and oxygen atoms in total. The Morgan fingerprint density at radius 3 is 2.06 bits per heavy atom. The molecule has 0 aliphatic heterocycles. The van der Waals surface area contributed by atoms with Gasteiger partial charge in [0.25, 0.3) is 0 Å². The molecule has 0 fully saturated rings. The van der Waals surface area contributed by atoms with Crippen LogP contribution < -0.4 is 15.5 Å². The average molecular weight is 474 g/mol. The summed E-state index contributed by atoms with van der Waals surface area (Å²) < 4.78 is 5.15. The molecule has 1 rings (SSSR count). The van der Waals surface area contributed by atoms with Gasteiger partial charge in [0.05, 0.1) is 6.61 Å². The first-order valence-electron chi connectivity index (χ1n) is 10.4. The fourth-order valence-corrected chi connectivity index (χ4v) is 3.51. The lowest BCUT2D eigenvalue weighted by Crippen LogP contribution is -2.54. The number of carbonyl (C=O) groups is 3. The monoisotopic (exact) mass is 473 g/mol. The summed E-state index contributed by atoms with van der Waals surface area (Å²) in [5.74, 6) is -0.412. The van der Waals surface area contributed by atoms with Gasteiger partial charge in [-0.2, -0.15) is 0 Å². The van der Waals surface area contributed by atoms with Crippen LogP contribution in [0.25, 0.3) is 0 Å². The summed E-state index contributed by atoms with van der Waals surface area (Å²) in [7, 11) is 0. The van der Waals surface area contributed by atoms with Gasteiger partial charge in [-0.1, -0.05) is 26.0 Å². The summed E-state index contributed by atoms with van der Waals surface area (Å²) in [6, 6.07) is 6.07. The zero-order valence-corrected chi connectivity index (χ0v) is 20.1. The number of carbonyl (C=O) groups excluding carboxylic acids is 3. The van der Waals surface area contributed by atoms with Crippen molar-refractivity contribution in [2.75, 3.05) is 36.4 Å². The minimum atomic E-state index is -0.866. The van der Waals surface area contributed by atoms with E-state index in [4.69, 9.17) is 27.9 Å². The predicted octanol–water partition coefficient (Wildman–Crippen LogP) is 2.72. The number of nitrogens with one attached hydrogen (secondary N) is 2. The Morgan fingerprint density at radius 1 is 1.03 bits per heavy atom. The average Bonchev–Trinajstić information content (AvgIpc) is 2.71. The first kappa shape index (κ1) is 27.0. The number of hydrogen-bond acceptors (Lipinski definition) is 5. The van der Waals surface area contributed by atoms with Crippen molar-refractivity contribution in [2.45, 2.75) is 46.2 Å². The third-order valence-corrected chi connectivity index (χ3v) is 4.98. The largest absolute Gasteiger partial charge is 0.464 e. The predicted molar refractivity (Wildman–Crippen MR) is 125 cm³/mol. The van der Waals surface area contributed by atoms with E-state index in [0.717, 1.165) is 11.3 Å². The van der Waals surface area contributed by atoms with E-state index in [-0.39, 0.29) is 24.9 Å². The number of amides is 2. The van der Waals surface area contributed by atoms with E-state index >= 15 is 0 Å². The summed E-state index contributed by atoms with van der Waals surface area (Å²) in [4.78, 5) is 38.8. The minimum absolute atomic E-state index is 0.138. The van der Waals surface area contributed by atoms with Gasteiger partial charge in [0.1, 0.15) is 12.1 Å². The fourth-order valence-electron chi connectivity index (χ4n) is 3.10. The van der Waals surface area contributed by atoms with Gasteiger partial charge in [-0.3, -0.25) is 9.59 Å². The minimum Gasteiger partial charge on any atom is -0.464 e. The van der Waals surface area contributed by atoms with Crippen LogP contribution >= 0.6 is 23.2 Å². The quantitative estimate of drug-likeness (QED) is 0.339. The lowest BCUT2D eigenvalue weighted by Gasteiger charge is -2.25. The molecular formula is C22H33Cl2N3O4. The number of anilines is 1. The fraction of sp³-hybridized carbons (Fsp3) is 0.591. The normalized spacial score (nSPS) is 12.7. The van der Waals surface area contributed by atoms with Crippen LogP contribution in [0.5, 0.6) is 0 Å². The summed E-state index contributed by atoms with van der Waals surface area (Å²) in [6.07, 6.45) is 0.265. The van der Waals surface area contributed by atoms with Gasteiger partial charge in [-0.05, 0) is 30.5 Å². The van der Waals surface area contributed by atoms with E-state index in [1.807, 2.05) is 38.1 Å². The summed E-state index contributed by atoms with van der Waals surface area (Å²) in [5.41, 5.74) is 1.84. The molecule has 2 atom stereocenters. The molecule has 1 aromatic carbocycles. The second-order valence-corrected chi connectivity index (χ2v) is 8.23. The van der Waals surface area contributed by atoms with Gasteiger partial charge in [0, 0.05) is 43.9 Å². The van der Waals surface area contributed by atoms with Crippen molar-refractivity contribution in [3.8, 4) is 0 Å². The highest BCUT2D eigenvalue weighted by Gasteiger charge is 2.29. The van der Waals surface area contributed by atoms with Crippen LogP contribution in [-0.2, 0) is 25.5 Å². The Morgan fingerprint density at radius 2 is 1.61 bits per heavy atom. The number of benzene rings is 1. The van der Waals surface area contributed by atoms with Gasteiger partial charge in [-0.25, -0.2) is 4.79 Å². The molecular weight excluding hydrogens is 441 g/mol. The Labute approximate surface area is 194 Å². The Bertz CT molecular complexity index is 707. The molecule has 0 saturated heterocycles. The van der Waals surface area contributed by atoms with E-state index in [0.29, 0.717) is 24.8 Å². The van der Waals surface area contributed by atoms with E-state index in [1.54, 1.807) is 6.92 Å². The van der Waals surface area contributed by atoms with Gasteiger partial charge in [0.15, 0.2) is 0 Å². The van der Waals surface area contributed by atoms with E-state index in [2.05, 4.69) is 15.5 Å². The van der Waals surface area contributed by atoms with Gasteiger partial charge in [-0.15, -0.1) is 23.2 Å². The lowest BCUT2D eigenvalue weighted by molar-refractivity contribution is -0.147. The van der Waals surface area contributed by atoms with E-state index in [1.165, 1.54) is 6.92 Å². The van der Waals surface area contributed by atoms with E-state index in [9.17, 15) is 14.4 Å². The van der Waals surface area contributed by atoms with Crippen molar-refractivity contribution in [1.29, 1.82) is 0 Å². The number of esters is 1. The van der Waals surface area contributed by atoms with Crippen LogP contribution in [0.4, 0.5) is 5.69 Å². The maximum absolute atomic E-state index is 12.8. The molecule has 0 radical (unpaired) electrons. The van der Waals surface area contributed by atoms with Crippen LogP contribution in [0.15, 0.2) is 24.3 Å². The maximum atomic E-state index is 12.8. The highest BCUT2D eigenvalue weighted by molar-refractivity contribution is 6.18. The standard InChI is InChI=1S/C22H33Cl2N3O4/c1-5-31-22(30)19(26-21(29)20(15(2)3)25-16(4)28)14-17-6-8-18(9-7-17)27(12-10-23)13-11-24/h6-9,15,19-20H,5,10-14H2,1-4H3,(H,25,28)(H,26,29)/t19-,20-/m1/s1. The van der Waals surface area contributed by atoms with Crippen molar-refractivity contribution < 1.29 is 19.1 Å². The molecule has 1 aromatic rings. The zero-order valence-electron chi connectivity index (χ0n) is 18.6. The topological polar surface area (TPSA) is 87.7 Å². The van der Waals surface area contributed by atoms with Crippen molar-refractivity contribution >= 4 is 46.7 Å². The molecule has 2 amide bonds. The Kier molecular flexibility index (Phi) is 12.3. The molecule has 2 N–H and O–H groups in total. The third-order valence-electron chi connectivity index (χ3n) is 4.65. The first-order chi connectivity index (χ1) is 14.7. The molecule has 9 heteroatoms. The molecule has 0 spiro atoms. The van der Waals surface area contributed by atoms with E-state index < -0.39 is 24.0 Å². The zero-order chi connectivity index (χ0) is 23.4. The molecule has 0 aromatic heterocycles. The molecule has 0 aliphatic carbocycles. The number of rotatable bonds is 13. The van der Waals surface area contributed by atoms with Crippen LogP contribution in [0, 0.1) is 5.92 Å².